The number of carbonyl (C=O) groups excluding carboxylic acids is 1. The van der Waals surface area contributed by atoms with Crippen LogP contribution in [0.1, 0.15) is 15.9 Å². The molecule has 1 aromatic heterocycles. The van der Waals surface area contributed by atoms with Gasteiger partial charge in [0.15, 0.2) is 11.5 Å². The molecule has 168 valence electrons. The molecule has 0 aliphatic carbocycles. The first-order valence-corrected chi connectivity index (χ1v) is 9.35. The lowest BCUT2D eigenvalue weighted by Crippen LogP contribution is -2.30. The van der Waals surface area contributed by atoms with Crippen LogP contribution in [-0.2, 0) is 6.54 Å². The summed E-state index contributed by atoms with van der Waals surface area (Å²) in [5.41, 5.74) is 4.89. The summed E-state index contributed by atoms with van der Waals surface area (Å²) in [6, 6.07) is 10.1. The molecule has 3 aromatic rings. The molecule has 2 heterocycles. The van der Waals surface area contributed by atoms with Crippen molar-refractivity contribution in [2.24, 2.45) is 0 Å². The number of nitrogens with one attached hydrogen (secondary N) is 3. The number of nitro groups is 2. The van der Waals surface area contributed by atoms with Crippen LogP contribution in [0.25, 0.3) is 0 Å². The lowest BCUT2D eigenvalue weighted by Gasteiger charge is -2.11. The number of anilines is 2. The molecular formula is C19H15N7O7. The maximum Gasteiger partial charge on any atom is 0.354 e. The lowest BCUT2D eigenvalue weighted by atomic mass is 10.2. The number of fused-ring (bicyclic) bond motifs is 1. The largest absolute Gasteiger partial charge is 0.454 e. The second kappa shape index (κ2) is 9.01. The number of nitrogens with zero attached hydrogens (tertiary/aromatic N) is 4. The molecule has 0 saturated carbocycles. The number of hydrogen-bond acceptors (Lipinski definition) is 11. The van der Waals surface area contributed by atoms with Crippen LogP contribution in [0.2, 0.25) is 0 Å². The molecule has 0 unspecified atom stereocenters. The maximum absolute atomic E-state index is 12.3. The molecule has 1 aliphatic rings. The lowest BCUT2D eigenvalue weighted by molar-refractivity contribution is -0.384. The van der Waals surface area contributed by atoms with E-state index in [0.717, 1.165) is 11.9 Å². The number of ether oxygens (including phenoxy) is 2. The van der Waals surface area contributed by atoms with E-state index in [4.69, 9.17) is 9.47 Å². The molecule has 1 aliphatic heterocycles. The summed E-state index contributed by atoms with van der Waals surface area (Å²) >= 11 is 0. The number of aromatic nitrogens is 2. The van der Waals surface area contributed by atoms with Crippen molar-refractivity contribution < 1.29 is 24.1 Å². The average molecular weight is 453 g/mol. The van der Waals surface area contributed by atoms with Gasteiger partial charge in [-0.15, -0.1) is 0 Å². The van der Waals surface area contributed by atoms with Gasteiger partial charge in [0.25, 0.3) is 11.6 Å². The van der Waals surface area contributed by atoms with Crippen molar-refractivity contribution in [3.05, 3.63) is 80.1 Å². The fourth-order valence-corrected chi connectivity index (χ4v) is 2.93. The Kier molecular flexibility index (Phi) is 5.79. The third-order valence-electron chi connectivity index (χ3n) is 4.54. The molecule has 0 radical (unpaired) electrons. The predicted molar refractivity (Wildman–Crippen MR) is 113 cm³/mol. The SMILES string of the molecule is O=C(NNc1ncnc(NCc2ccc3c(c2)OCO3)c1[N+](=O)[O-])c1ccc([N+](=O)[O-])cc1. The van der Waals surface area contributed by atoms with Crippen LogP contribution in [0.4, 0.5) is 23.0 Å². The van der Waals surface area contributed by atoms with E-state index in [0.29, 0.717) is 11.5 Å². The van der Waals surface area contributed by atoms with Gasteiger partial charge in [-0.2, -0.15) is 0 Å². The van der Waals surface area contributed by atoms with Crippen molar-refractivity contribution in [3.63, 3.8) is 0 Å². The van der Waals surface area contributed by atoms with Crippen LogP contribution in [0.15, 0.2) is 48.8 Å². The molecule has 4 rings (SSSR count). The zero-order valence-corrected chi connectivity index (χ0v) is 16.7. The Hall–Kier alpha value is -5.01. The van der Waals surface area contributed by atoms with Crippen molar-refractivity contribution in [2.75, 3.05) is 17.5 Å². The van der Waals surface area contributed by atoms with Gasteiger partial charge in [-0.05, 0) is 29.8 Å². The van der Waals surface area contributed by atoms with Crippen LogP contribution in [-0.4, -0.2) is 32.5 Å². The van der Waals surface area contributed by atoms with Crippen LogP contribution < -0.4 is 25.6 Å². The number of non-ortho nitro benzene ring substituents is 1. The highest BCUT2D eigenvalue weighted by atomic mass is 16.7. The summed E-state index contributed by atoms with van der Waals surface area (Å²) in [5.74, 6) is 0.190. The molecule has 2 aromatic carbocycles. The Morgan fingerprint density at radius 2 is 1.70 bits per heavy atom. The normalized spacial score (nSPS) is 11.5. The van der Waals surface area contributed by atoms with E-state index in [9.17, 15) is 25.0 Å². The highest BCUT2D eigenvalue weighted by molar-refractivity contribution is 5.95. The van der Waals surface area contributed by atoms with Crippen molar-refractivity contribution in [1.82, 2.24) is 15.4 Å². The van der Waals surface area contributed by atoms with Gasteiger partial charge in [-0.25, -0.2) is 9.97 Å². The van der Waals surface area contributed by atoms with Crippen molar-refractivity contribution in [2.45, 2.75) is 6.54 Å². The third kappa shape index (κ3) is 4.68. The Morgan fingerprint density at radius 1 is 0.970 bits per heavy atom. The summed E-state index contributed by atoms with van der Waals surface area (Å²) < 4.78 is 10.6. The highest BCUT2D eigenvalue weighted by Gasteiger charge is 2.24. The van der Waals surface area contributed by atoms with Gasteiger partial charge in [0.05, 0.1) is 9.85 Å². The molecule has 0 fully saturated rings. The van der Waals surface area contributed by atoms with Crippen LogP contribution in [0, 0.1) is 20.2 Å². The van der Waals surface area contributed by atoms with E-state index < -0.39 is 21.4 Å². The number of rotatable bonds is 8. The van der Waals surface area contributed by atoms with Gasteiger partial charge < -0.3 is 14.8 Å². The van der Waals surface area contributed by atoms with E-state index in [1.54, 1.807) is 18.2 Å². The van der Waals surface area contributed by atoms with Crippen LogP contribution >= 0.6 is 0 Å². The zero-order chi connectivity index (χ0) is 23.4. The maximum atomic E-state index is 12.3. The molecule has 1 amide bonds. The minimum Gasteiger partial charge on any atom is -0.454 e. The monoisotopic (exact) mass is 453 g/mol. The zero-order valence-electron chi connectivity index (χ0n) is 16.7. The summed E-state index contributed by atoms with van der Waals surface area (Å²) in [6.07, 6.45) is 1.09. The van der Waals surface area contributed by atoms with Crippen molar-refractivity contribution in [3.8, 4) is 11.5 Å². The van der Waals surface area contributed by atoms with Gasteiger partial charge >= 0.3 is 5.69 Å². The molecule has 0 spiro atoms. The molecule has 0 bridgehead atoms. The molecule has 14 nitrogen and oxygen atoms in total. The summed E-state index contributed by atoms with van der Waals surface area (Å²) in [6.45, 7) is 0.327. The van der Waals surface area contributed by atoms with E-state index >= 15 is 0 Å². The summed E-state index contributed by atoms with van der Waals surface area (Å²) in [5, 5.41) is 25.2. The molecular weight excluding hydrogens is 438 g/mol. The Morgan fingerprint density at radius 3 is 2.42 bits per heavy atom. The van der Waals surface area contributed by atoms with Crippen molar-refractivity contribution >= 4 is 28.9 Å². The molecule has 3 N–H and O–H groups in total. The van der Waals surface area contributed by atoms with Crippen molar-refractivity contribution in [1.29, 1.82) is 0 Å². The first kappa shape index (κ1) is 21.2. The van der Waals surface area contributed by atoms with E-state index in [1.165, 1.54) is 24.3 Å². The molecule has 0 atom stereocenters. The van der Waals surface area contributed by atoms with E-state index in [2.05, 4.69) is 26.1 Å². The average Bonchev–Trinajstić information content (AvgIpc) is 3.29. The number of nitro benzene ring substituents is 1. The van der Waals surface area contributed by atoms with E-state index in [-0.39, 0.29) is 36.2 Å². The van der Waals surface area contributed by atoms with Gasteiger partial charge in [-0.1, -0.05) is 6.07 Å². The minimum absolute atomic E-state index is 0.0697. The second-order valence-corrected chi connectivity index (χ2v) is 6.60. The first-order valence-electron chi connectivity index (χ1n) is 9.35. The highest BCUT2D eigenvalue weighted by Crippen LogP contribution is 2.33. The van der Waals surface area contributed by atoms with E-state index in [1.807, 2.05) is 0 Å². The fourth-order valence-electron chi connectivity index (χ4n) is 2.93. The standard InChI is InChI=1S/C19H15N7O7/c27-19(12-2-4-13(5-3-12)25(28)29)24-23-18-16(26(30)31)17(21-9-22-18)20-8-11-1-6-14-15(7-11)33-10-32-14/h1-7,9H,8,10H2,(H,24,27)(H2,20,21,22,23). The molecule has 33 heavy (non-hydrogen) atoms. The number of carbonyl (C=O) groups is 1. The van der Waals surface area contributed by atoms with Gasteiger partial charge in [0.2, 0.25) is 18.4 Å². The first-order chi connectivity index (χ1) is 15.9. The summed E-state index contributed by atoms with van der Waals surface area (Å²) in [4.78, 5) is 41.1. The van der Waals surface area contributed by atoms with Gasteiger partial charge in [0, 0.05) is 24.2 Å². The Bertz CT molecular complexity index is 1230. The Labute approximate surface area is 184 Å². The topological polar surface area (TPSA) is 184 Å². The van der Waals surface area contributed by atoms with Gasteiger partial charge in [0.1, 0.15) is 6.33 Å². The number of amides is 1. The number of benzene rings is 2. The van der Waals surface area contributed by atoms with Crippen LogP contribution in [0.3, 0.4) is 0 Å². The number of hydrogen-bond donors (Lipinski definition) is 3. The fraction of sp³-hybridized carbons (Fsp3) is 0.105. The quantitative estimate of drug-likeness (QED) is 0.336. The smallest absolute Gasteiger partial charge is 0.354 e. The van der Waals surface area contributed by atoms with Crippen LogP contribution in [0.5, 0.6) is 11.5 Å². The molecule has 14 heteroatoms. The Balaban J connectivity index is 1.46. The van der Waals surface area contributed by atoms with Gasteiger partial charge in [-0.3, -0.25) is 35.9 Å². The third-order valence-corrected chi connectivity index (χ3v) is 4.54. The second-order valence-electron chi connectivity index (χ2n) is 6.60. The predicted octanol–water partition coefficient (Wildman–Crippen LogP) is 2.39. The summed E-state index contributed by atoms with van der Waals surface area (Å²) in [7, 11) is 0. The number of hydrazine groups is 1. The molecule has 0 saturated heterocycles. The minimum atomic E-state index is -0.692.